The molecule has 0 aliphatic carbocycles. The van der Waals surface area contributed by atoms with Gasteiger partial charge in [-0.05, 0) is 31.9 Å². The van der Waals surface area contributed by atoms with Gasteiger partial charge in [-0.3, -0.25) is 14.8 Å². The molecule has 6 heteroatoms. The first-order chi connectivity index (χ1) is 12.7. The highest BCUT2D eigenvalue weighted by atomic mass is 16.2. The van der Waals surface area contributed by atoms with E-state index in [1.54, 1.807) is 6.20 Å². The van der Waals surface area contributed by atoms with Gasteiger partial charge in [-0.1, -0.05) is 12.1 Å². The van der Waals surface area contributed by atoms with Crippen molar-refractivity contribution in [1.82, 2.24) is 24.4 Å². The number of imidazole rings is 1. The minimum atomic E-state index is 0.202. The van der Waals surface area contributed by atoms with Gasteiger partial charge in [-0.2, -0.15) is 0 Å². The molecule has 0 saturated carbocycles. The number of hydrogen-bond donors (Lipinski definition) is 0. The molecule has 3 aromatic rings. The first-order valence-electron chi connectivity index (χ1n) is 9.17. The number of hydrogen-bond acceptors (Lipinski definition) is 4. The topological polar surface area (TPSA) is 63.9 Å². The lowest BCUT2D eigenvalue weighted by Crippen LogP contribution is -2.39. The molecule has 134 valence electrons. The number of amides is 1. The molecule has 6 nitrogen and oxygen atoms in total. The normalized spacial score (nSPS) is 17.6. The van der Waals surface area contributed by atoms with Gasteiger partial charge in [0.2, 0.25) is 5.91 Å². The minimum Gasteiger partial charge on any atom is -0.342 e. The fourth-order valence-corrected chi connectivity index (χ4v) is 3.69. The number of benzene rings is 1. The Hall–Kier alpha value is -2.76. The number of nitrogens with zero attached hydrogens (tertiary/aromatic N) is 5. The van der Waals surface area contributed by atoms with Gasteiger partial charge in [-0.25, -0.2) is 4.98 Å². The van der Waals surface area contributed by atoms with Gasteiger partial charge in [0, 0.05) is 44.4 Å². The van der Waals surface area contributed by atoms with Crippen molar-refractivity contribution in [1.29, 1.82) is 0 Å². The molecule has 1 aliphatic heterocycles. The number of aromatic nitrogens is 4. The Morgan fingerprint density at radius 2 is 2.15 bits per heavy atom. The van der Waals surface area contributed by atoms with Crippen LogP contribution < -0.4 is 0 Å². The van der Waals surface area contributed by atoms with Crippen LogP contribution in [-0.2, 0) is 11.3 Å². The lowest BCUT2D eigenvalue weighted by atomic mass is 9.94. The van der Waals surface area contributed by atoms with Crippen LogP contribution >= 0.6 is 0 Å². The first kappa shape index (κ1) is 16.7. The molecule has 0 radical (unpaired) electrons. The third-order valence-electron chi connectivity index (χ3n) is 5.06. The second-order valence-corrected chi connectivity index (χ2v) is 6.94. The maximum Gasteiger partial charge on any atom is 0.224 e. The molecule has 1 atom stereocenters. The van der Waals surface area contributed by atoms with E-state index in [9.17, 15) is 4.79 Å². The molecular formula is C20H23N5O. The van der Waals surface area contributed by atoms with Crippen molar-refractivity contribution < 1.29 is 4.79 Å². The summed E-state index contributed by atoms with van der Waals surface area (Å²) in [6.45, 7) is 4.18. The summed E-state index contributed by atoms with van der Waals surface area (Å²) in [5, 5.41) is 0. The zero-order chi connectivity index (χ0) is 17.9. The number of carbonyl (C=O) groups is 1. The van der Waals surface area contributed by atoms with Crippen molar-refractivity contribution >= 4 is 16.9 Å². The number of para-hydroxylation sites is 2. The van der Waals surface area contributed by atoms with Gasteiger partial charge in [0.1, 0.15) is 0 Å². The van der Waals surface area contributed by atoms with E-state index in [-0.39, 0.29) is 11.8 Å². The minimum absolute atomic E-state index is 0.202. The van der Waals surface area contributed by atoms with Gasteiger partial charge in [0.05, 0.1) is 28.7 Å². The Kier molecular flexibility index (Phi) is 4.65. The van der Waals surface area contributed by atoms with E-state index in [4.69, 9.17) is 0 Å². The molecule has 1 aromatic carbocycles. The molecule has 0 N–H and O–H groups in total. The maximum absolute atomic E-state index is 12.7. The summed E-state index contributed by atoms with van der Waals surface area (Å²) in [7, 11) is 0. The van der Waals surface area contributed by atoms with Crippen LogP contribution in [0.4, 0.5) is 0 Å². The molecule has 1 saturated heterocycles. The Balaban J connectivity index is 1.40. The lowest BCUT2D eigenvalue weighted by Gasteiger charge is -2.32. The Labute approximate surface area is 152 Å². The van der Waals surface area contributed by atoms with E-state index in [0.29, 0.717) is 13.0 Å². The molecule has 0 unspecified atom stereocenters. The van der Waals surface area contributed by atoms with E-state index < -0.39 is 0 Å². The maximum atomic E-state index is 12.7. The molecule has 26 heavy (non-hydrogen) atoms. The summed E-state index contributed by atoms with van der Waals surface area (Å²) in [5.41, 5.74) is 3.98. The van der Waals surface area contributed by atoms with Crippen LogP contribution in [0.1, 0.15) is 36.6 Å². The van der Waals surface area contributed by atoms with Gasteiger partial charge >= 0.3 is 0 Å². The Morgan fingerprint density at radius 3 is 3.04 bits per heavy atom. The zero-order valence-electron chi connectivity index (χ0n) is 15.0. The highest BCUT2D eigenvalue weighted by Crippen LogP contribution is 2.25. The molecular weight excluding hydrogens is 326 g/mol. The Morgan fingerprint density at radius 1 is 1.27 bits per heavy atom. The van der Waals surface area contributed by atoms with Crippen LogP contribution in [0.2, 0.25) is 0 Å². The highest BCUT2D eigenvalue weighted by molar-refractivity contribution is 5.77. The molecule has 1 fully saturated rings. The van der Waals surface area contributed by atoms with Gasteiger partial charge in [0.15, 0.2) is 0 Å². The third-order valence-corrected chi connectivity index (χ3v) is 5.06. The molecule has 1 amide bonds. The summed E-state index contributed by atoms with van der Waals surface area (Å²) in [5.74, 6) is 0.488. The van der Waals surface area contributed by atoms with Crippen LogP contribution in [0.3, 0.4) is 0 Å². The molecule has 0 spiro atoms. The molecule has 1 aliphatic rings. The van der Waals surface area contributed by atoms with Crippen LogP contribution in [0, 0.1) is 6.92 Å². The van der Waals surface area contributed by atoms with Crippen molar-refractivity contribution in [2.75, 3.05) is 13.1 Å². The van der Waals surface area contributed by atoms with Crippen LogP contribution in [0.15, 0.2) is 43.0 Å². The fourth-order valence-electron chi connectivity index (χ4n) is 3.69. The van der Waals surface area contributed by atoms with E-state index >= 15 is 0 Å². The number of rotatable bonds is 4. The number of aryl methyl sites for hydroxylation is 2. The molecule has 3 heterocycles. The largest absolute Gasteiger partial charge is 0.342 e. The Bertz CT molecular complexity index is 919. The van der Waals surface area contributed by atoms with Crippen LogP contribution in [-0.4, -0.2) is 43.4 Å². The quantitative estimate of drug-likeness (QED) is 0.726. The van der Waals surface area contributed by atoms with E-state index in [1.165, 1.54) is 0 Å². The van der Waals surface area contributed by atoms with Gasteiger partial charge < -0.3 is 9.47 Å². The monoisotopic (exact) mass is 349 g/mol. The second-order valence-electron chi connectivity index (χ2n) is 6.94. The van der Waals surface area contributed by atoms with Crippen LogP contribution in [0.25, 0.3) is 11.0 Å². The number of fused-ring (bicyclic) bond motifs is 1. The van der Waals surface area contributed by atoms with Gasteiger partial charge in [0.25, 0.3) is 0 Å². The average Bonchev–Trinajstić information content (AvgIpc) is 3.09. The summed E-state index contributed by atoms with van der Waals surface area (Å²) in [6.07, 6.45) is 7.99. The summed E-state index contributed by atoms with van der Waals surface area (Å²) in [6, 6.07) is 8.01. The van der Waals surface area contributed by atoms with Crippen molar-refractivity contribution in [2.45, 2.75) is 38.6 Å². The smallest absolute Gasteiger partial charge is 0.224 e. The lowest BCUT2D eigenvalue weighted by molar-refractivity contribution is -0.132. The van der Waals surface area contributed by atoms with Crippen molar-refractivity contribution in [3.8, 4) is 0 Å². The number of piperidine rings is 1. The zero-order valence-corrected chi connectivity index (χ0v) is 15.0. The molecule has 4 rings (SSSR count). The summed E-state index contributed by atoms with van der Waals surface area (Å²) < 4.78 is 2.06. The van der Waals surface area contributed by atoms with Crippen molar-refractivity contribution in [3.63, 3.8) is 0 Å². The SMILES string of the molecule is Cc1cncc([C@H]2CCCN(C(=O)CCn3cnc4ccccc43)C2)n1. The number of carbonyl (C=O) groups excluding carboxylic acids is 1. The van der Waals surface area contributed by atoms with Gasteiger partial charge in [-0.15, -0.1) is 0 Å². The number of likely N-dealkylation sites (tertiary alicyclic amines) is 1. The predicted octanol–water partition coefficient (Wildman–Crippen LogP) is 2.93. The van der Waals surface area contributed by atoms with E-state index in [0.717, 1.165) is 48.4 Å². The van der Waals surface area contributed by atoms with Crippen molar-refractivity contribution in [3.05, 3.63) is 54.4 Å². The van der Waals surface area contributed by atoms with Crippen molar-refractivity contribution in [2.24, 2.45) is 0 Å². The van der Waals surface area contributed by atoms with E-state index in [1.807, 2.05) is 48.6 Å². The van der Waals surface area contributed by atoms with Crippen LogP contribution in [0.5, 0.6) is 0 Å². The first-order valence-corrected chi connectivity index (χ1v) is 9.17. The highest BCUT2D eigenvalue weighted by Gasteiger charge is 2.25. The molecule has 2 aromatic heterocycles. The molecule has 0 bridgehead atoms. The average molecular weight is 349 g/mol. The predicted molar refractivity (Wildman–Crippen MR) is 99.7 cm³/mol. The third kappa shape index (κ3) is 3.45. The fraction of sp³-hybridized carbons (Fsp3) is 0.400. The summed E-state index contributed by atoms with van der Waals surface area (Å²) >= 11 is 0. The summed E-state index contributed by atoms with van der Waals surface area (Å²) in [4.78, 5) is 28.0. The second kappa shape index (κ2) is 7.23. The standard InChI is InChI=1S/C20H23N5O/c1-15-11-21-12-18(23-15)16-5-4-9-24(13-16)20(26)8-10-25-14-22-17-6-2-3-7-19(17)25/h2-3,6-7,11-12,14,16H,4-5,8-10,13H2,1H3/t16-/m0/s1. The van der Waals surface area contributed by atoms with E-state index in [2.05, 4.69) is 19.5 Å².